The molecule has 3 unspecified atom stereocenters. The van der Waals surface area contributed by atoms with Crippen LogP contribution in [0.15, 0.2) is 0 Å². The molecule has 0 saturated carbocycles. The van der Waals surface area contributed by atoms with Crippen molar-refractivity contribution in [2.75, 3.05) is 0 Å². The van der Waals surface area contributed by atoms with Gasteiger partial charge in [-0.2, -0.15) is 0 Å². The second-order valence-electron chi connectivity index (χ2n) is 10.6. The highest BCUT2D eigenvalue weighted by molar-refractivity contribution is 7.59. The van der Waals surface area contributed by atoms with Crippen LogP contribution in [0.25, 0.3) is 0 Å². The summed E-state index contributed by atoms with van der Waals surface area (Å²) in [5.74, 6) is -1.57. The molecule has 3 nitrogen and oxygen atoms in total. The summed E-state index contributed by atoms with van der Waals surface area (Å²) in [6.07, 6.45) is 28.1. The molecule has 3 N–H and O–H groups in total. The molecular formula is C30H63O3P. The Kier molecular flexibility index (Phi) is 26.6. The van der Waals surface area contributed by atoms with E-state index in [1.165, 1.54) is 96.3 Å². The fourth-order valence-corrected chi connectivity index (χ4v) is 7.53. The molecule has 0 aliphatic rings. The Morgan fingerprint density at radius 1 is 0.353 bits per heavy atom. The minimum Gasteiger partial charge on any atom is -0.388 e. The van der Waals surface area contributed by atoms with Crippen LogP contribution in [0.5, 0.6) is 0 Å². The molecule has 0 aromatic rings. The number of unbranched alkanes of at least 4 members (excludes halogenated alkanes) is 18. The molecule has 0 rings (SSSR count). The lowest BCUT2D eigenvalue weighted by molar-refractivity contribution is 0.177. The summed E-state index contributed by atoms with van der Waals surface area (Å²) in [6, 6.07) is 0. The van der Waals surface area contributed by atoms with Gasteiger partial charge in [-0.25, -0.2) is 0 Å². The quantitative estimate of drug-likeness (QED) is 0.0773. The van der Waals surface area contributed by atoms with E-state index in [4.69, 9.17) is 0 Å². The second-order valence-corrected chi connectivity index (χ2v) is 13.3. The SMILES string of the molecule is CCCCCCCCCC(O)P(C(O)CCCCCCCCC)C(O)CCCCCCCCC. The zero-order valence-corrected chi connectivity index (χ0v) is 24.4. The summed E-state index contributed by atoms with van der Waals surface area (Å²) < 4.78 is 0. The highest BCUT2D eigenvalue weighted by Gasteiger charge is 2.32. The van der Waals surface area contributed by atoms with Gasteiger partial charge in [-0.3, -0.25) is 0 Å². The molecule has 0 amide bonds. The number of aliphatic hydroxyl groups excluding tert-OH is 3. The first-order chi connectivity index (χ1) is 16.6. The first-order valence-corrected chi connectivity index (χ1v) is 16.9. The molecule has 0 aliphatic heterocycles. The van der Waals surface area contributed by atoms with Gasteiger partial charge in [-0.15, -0.1) is 0 Å². The zero-order valence-electron chi connectivity index (χ0n) is 23.5. The van der Waals surface area contributed by atoms with Gasteiger partial charge in [0.05, 0.1) is 17.5 Å². The van der Waals surface area contributed by atoms with Gasteiger partial charge in [0, 0.05) is 0 Å². The molecule has 0 aromatic heterocycles. The van der Waals surface area contributed by atoms with Crippen molar-refractivity contribution in [2.24, 2.45) is 0 Å². The largest absolute Gasteiger partial charge is 0.388 e. The van der Waals surface area contributed by atoms with Crippen LogP contribution >= 0.6 is 7.92 Å². The van der Waals surface area contributed by atoms with Crippen molar-refractivity contribution in [1.82, 2.24) is 0 Å². The third kappa shape index (κ3) is 20.5. The van der Waals surface area contributed by atoms with Crippen molar-refractivity contribution in [3.05, 3.63) is 0 Å². The molecule has 3 atom stereocenters. The fraction of sp³-hybridized carbons (Fsp3) is 1.00. The van der Waals surface area contributed by atoms with Gasteiger partial charge in [0.15, 0.2) is 0 Å². The van der Waals surface area contributed by atoms with Crippen LogP contribution in [0.3, 0.4) is 0 Å². The normalized spacial score (nSPS) is 15.4. The second kappa shape index (κ2) is 26.4. The van der Waals surface area contributed by atoms with Crippen LogP contribution in [-0.4, -0.2) is 32.9 Å². The fourth-order valence-electron chi connectivity index (χ4n) is 4.90. The lowest BCUT2D eigenvalue weighted by Gasteiger charge is -2.32. The maximum absolute atomic E-state index is 11.0. The van der Waals surface area contributed by atoms with Gasteiger partial charge in [-0.05, 0) is 27.2 Å². The van der Waals surface area contributed by atoms with Crippen molar-refractivity contribution in [3.8, 4) is 0 Å². The van der Waals surface area contributed by atoms with Gasteiger partial charge in [0.2, 0.25) is 0 Å². The average molecular weight is 503 g/mol. The van der Waals surface area contributed by atoms with E-state index in [2.05, 4.69) is 20.8 Å². The van der Waals surface area contributed by atoms with E-state index in [-0.39, 0.29) is 0 Å². The van der Waals surface area contributed by atoms with Crippen LogP contribution in [0.4, 0.5) is 0 Å². The Morgan fingerprint density at radius 3 is 0.794 bits per heavy atom. The highest BCUT2D eigenvalue weighted by atomic mass is 31.1. The lowest BCUT2D eigenvalue weighted by Crippen LogP contribution is -2.23. The average Bonchev–Trinajstić information content (AvgIpc) is 2.82. The number of rotatable bonds is 27. The van der Waals surface area contributed by atoms with Gasteiger partial charge < -0.3 is 15.3 Å². The maximum atomic E-state index is 11.0. The minimum absolute atomic E-state index is 0.523. The lowest BCUT2D eigenvalue weighted by atomic mass is 10.1. The molecule has 0 fully saturated rings. The first kappa shape index (κ1) is 34.3. The van der Waals surface area contributed by atoms with E-state index < -0.39 is 25.5 Å². The number of hydrogen-bond acceptors (Lipinski definition) is 3. The Bertz CT molecular complexity index is 336. The predicted molar refractivity (Wildman–Crippen MR) is 153 cm³/mol. The molecule has 0 bridgehead atoms. The highest BCUT2D eigenvalue weighted by Crippen LogP contribution is 2.52. The topological polar surface area (TPSA) is 60.7 Å². The van der Waals surface area contributed by atoms with Crippen LogP contribution in [0, 0.1) is 0 Å². The minimum atomic E-state index is -1.17. The molecule has 0 radical (unpaired) electrons. The third-order valence-corrected chi connectivity index (χ3v) is 10.1. The Balaban J connectivity index is 4.44. The summed E-state index contributed by atoms with van der Waals surface area (Å²) >= 11 is 0. The van der Waals surface area contributed by atoms with Crippen LogP contribution in [0.2, 0.25) is 0 Å². The Labute approximate surface area is 215 Å². The van der Waals surface area contributed by atoms with Gasteiger partial charge in [-0.1, -0.05) is 156 Å². The van der Waals surface area contributed by atoms with E-state index in [9.17, 15) is 15.3 Å². The molecule has 206 valence electrons. The third-order valence-electron chi connectivity index (χ3n) is 7.23. The van der Waals surface area contributed by atoms with Gasteiger partial charge in [0.1, 0.15) is 0 Å². The summed E-state index contributed by atoms with van der Waals surface area (Å²) in [5, 5.41) is 33.0. The van der Waals surface area contributed by atoms with Gasteiger partial charge in [0.25, 0.3) is 0 Å². The maximum Gasteiger partial charge on any atom is 0.0780 e. The summed E-state index contributed by atoms with van der Waals surface area (Å²) in [6.45, 7) is 6.73. The molecule has 0 saturated heterocycles. The molecule has 4 heteroatoms. The van der Waals surface area contributed by atoms with E-state index in [1.54, 1.807) is 0 Å². The van der Waals surface area contributed by atoms with Gasteiger partial charge >= 0.3 is 0 Å². The van der Waals surface area contributed by atoms with E-state index >= 15 is 0 Å². The summed E-state index contributed by atoms with van der Waals surface area (Å²) in [7, 11) is -1.17. The summed E-state index contributed by atoms with van der Waals surface area (Å²) in [5.41, 5.74) is 0. The van der Waals surface area contributed by atoms with Crippen molar-refractivity contribution in [1.29, 1.82) is 0 Å². The smallest absolute Gasteiger partial charge is 0.0780 e. The van der Waals surface area contributed by atoms with E-state index in [0.29, 0.717) is 0 Å². The number of hydrogen-bond donors (Lipinski definition) is 3. The molecule has 0 spiro atoms. The van der Waals surface area contributed by atoms with Crippen molar-refractivity contribution < 1.29 is 15.3 Å². The Morgan fingerprint density at radius 2 is 0.559 bits per heavy atom. The van der Waals surface area contributed by atoms with Crippen LogP contribution < -0.4 is 0 Å². The predicted octanol–water partition coefficient (Wildman–Crippen LogP) is 9.85. The van der Waals surface area contributed by atoms with Crippen LogP contribution in [0.1, 0.15) is 175 Å². The first-order valence-electron chi connectivity index (χ1n) is 15.4. The molecule has 0 heterocycles. The molecule has 34 heavy (non-hydrogen) atoms. The molecule has 0 aromatic carbocycles. The summed E-state index contributed by atoms with van der Waals surface area (Å²) in [4.78, 5) is 0. The van der Waals surface area contributed by atoms with E-state index in [1.807, 2.05) is 0 Å². The van der Waals surface area contributed by atoms with Crippen LogP contribution in [-0.2, 0) is 0 Å². The van der Waals surface area contributed by atoms with Crippen molar-refractivity contribution >= 4 is 7.92 Å². The van der Waals surface area contributed by atoms with E-state index in [0.717, 1.165) is 57.8 Å². The number of aliphatic hydroxyl groups is 3. The van der Waals surface area contributed by atoms with Crippen molar-refractivity contribution in [2.45, 2.75) is 192 Å². The Hall–Kier alpha value is 0.310. The van der Waals surface area contributed by atoms with Crippen molar-refractivity contribution in [3.63, 3.8) is 0 Å². The molecule has 0 aliphatic carbocycles. The zero-order chi connectivity index (χ0) is 25.3. The monoisotopic (exact) mass is 502 g/mol. The standard InChI is InChI=1S/C30H63O3P/c1-4-7-10-13-16-19-22-25-28(31)34(29(32)26-23-20-17-14-11-8-5-2)30(33)27-24-21-18-15-12-9-6-3/h28-33H,4-27H2,1-3H3. The molecular weight excluding hydrogens is 439 g/mol.